The molecule has 2 aromatic rings. The van der Waals surface area contributed by atoms with Crippen LogP contribution < -0.4 is 11.0 Å². The number of imidazole rings is 1. The van der Waals surface area contributed by atoms with Crippen LogP contribution in [-0.2, 0) is 17.2 Å². The Morgan fingerprint density at radius 3 is 2.89 bits per heavy atom. The highest BCUT2D eigenvalue weighted by Crippen LogP contribution is 2.14. The second kappa shape index (κ2) is 4.38. The summed E-state index contributed by atoms with van der Waals surface area (Å²) < 4.78 is 31.1. The summed E-state index contributed by atoms with van der Waals surface area (Å²) >= 11 is 0. The van der Waals surface area contributed by atoms with E-state index in [1.165, 1.54) is 10.9 Å². The van der Waals surface area contributed by atoms with Crippen molar-refractivity contribution in [1.82, 2.24) is 19.5 Å². The van der Waals surface area contributed by atoms with Gasteiger partial charge in [-0.3, -0.25) is 14.1 Å². The van der Waals surface area contributed by atoms with Crippen LogP contribution in [0, 0.1) is 0 Å². The lowest BCUT2D eigenvalue weighted by Crippen LogP contribution is -2.17. The van der Waals surface area contributed by atoms with E-state index in [9.17, 15) is 13.2 Å². The van der Waals surface area contributed by atoms with Crippen molar-refractivity contribution in [2.45, 2.75) is 0 Å². The fraction of sp³-hybridized carbons (Fsp3) is 0.375. The highest BCUT2D eigenvalue weighted by atomic mass is 32.2. The van der Waals surface area contributed by atoms with Crippen LogP contribution in [0.3, 0.4) is 0 Å². The Balaban J connectivity index is 2.31. The van der Waals surface area contributed by atoms with E-state index in [1.54, 1.807) is 7.05 Å². The summed E-state index contributed by atoms with van der Waals surface area (Å²) in [5, 5.41) is 2.73. The fourth-order valence-electron chi connectivity index (χ4n) is 1.50. The van der Waals surface area contributed by atoms with Crippen molar-refractivity contribution < 1.29 is 13.0 Å². The zero-order valence-electron chi connectivity index (χ0n) is 9.41. The molecule has 0 bridgehead atoms. The molecular formula is C8H11N5O4S. The maximum absolute atomic E-state index is 11.4. The first-order chi connectivity index (χ1) is 8.38. The van der Waals surface area contributed by atoms with Crippen LogP contribution >= 0.6 is 0 Å². The Hall–Kier alpha value is -1.94. The summed E-state index contributed by atoms with van der Waals surface area (Å²) in [6, 6.07) is 0. The van der Waals surface area contributed by atoms with Crippen molar-refractivity contribution in [3.8, 4) is 0 Å². The molecule has 0 radical (unpaired) electrons. The lowest BCUT2D eigenvalue weighted by Gasteiger charge is -2.05. The summed E-state index contributed by atoms with van der Waals surface area (Å²) in [7, 11) is -2.49. The highest BCUT2D eigenvalue weighted by molar-refractivity contribution is 7.85. The number of aromatic nitrogens is 4. The Morgan fingerprint density at radius 2 is 2.22 bits per heavy atom. The first-order valence-corrected chi connectivity index (χ1v) is 6.58. The van der Waals surface area contributed by atoms with E-state index in [0.29, 0.717) is 17.0 Å². The number of rotatable bonds is 4. The van der Waals surface area contributed by atoms with E-state index in [-0.39, 0.29) is 12.2 Å². The maximum atomic E-state index is 11.4. The standard InChI is InChI=1S/C8H11N5O4S/c1-13-5-6(9-2-3-18(15,16)17)10-4-11-7(5)12-8(13)14/h4H,2-3H2,1H3,(H,15,16,17)(H2,9,10,11,12,14). The second-order valence-electron chi connectivity index (χ2n) is 3.62. The number of aromatic amines is 1. The molecule has 0 aliphatic heterocycles. The van der Waals surface area contributed by atoms with Crippen LogP contribution in [0.4, 0.5) is 5.82 Å². The van der Waals surface area contributed by atoms with Crippen LogP contribution in [0.25, 0.3) is 11.2 Å². The summed E-state index contributed by atoms with van der Waals surface area (Å²) in [6.07, 6.45) is 1.24. The predicted octanol–water partition coefficient (Wildman–Crippen LogP) is -1.04. The van der Waals surface area contributed by atoms with Gasteiger partial charge in [0.1, 0.15) is 11.8 Å². The van der Waals surface area contributed by atoms with Gasteiger partial charge in [-0.15, -0.1) is 0 Å². The van der Waals surface area contributed by atoms with Gasteiger partial charge < -0.3 is 5.32 Å². The van der Waals surface area contributed by atoms with E-state index < -0.39 is 15.9 Å². The van der Waals surface area contributed by atoms with E-state index in [1.807, 2.05) is 0 Å². The van der Waals surface area contributed by atoms with E-state index >= 15 is 0 Å². The second-order valence-corrected chi connectivity index (χ2v) is 5.19. The number of fused-ring (bicyclic) bond motifs is 1. The van der Waals surface area contributed by atoms with Gasteiger partial charge in [0.2, 0.25) is 0 Å². The number of aryl methyl sites for hydroxylation is 1. The molecule has 10 heteroatoms. The smallest absolute Gasteiger partial charge is 0.327 e. The zero-order valence-corrected chi connectivity index (χ0v) is 10.2. The molecule has 0 saturated heterocycles. The van der Waals surface area contributed by atoms with Gasteiger partial charge in [0.05, 0.1) is 5.75 Å². The van der Waals surface area contributed by atoms with Crippen molar-refractivity contribution >= 4 is 27.1 Å². The van der Waals surface area contributed by atoms with Gasteiger partial charge in [-0.2, -0.15) is 8.42 Å². The summed E-state index contributed by atoms with van der Waals surface area (Å²) in [4.78, 5) is 21.7. The van der Waals surface area contributed by atoms with Crippen molar-refractivity contribution in [3.63, 3.8) is 0 Å². The van der Waals surface area contributed by atoms with E-state index in [2.05, 4.69) is 20.3 Å². The molecule has 0 unspecified atom stereocenters. The highest BCUT2D eigenvalue weighted by Gasteiger charge is 2.11. The number of H-pyrrole nitrogens is 1. The number of hydrogen-bond acceptors (Lipinski definition) is 6. The third-order valence-corrected chi connectivity index (χ3v) is 3.06. The maximum Gasteiger partial charge on any atom is 0.327 e. The average Bonchev–Trinajstić information content (AvgIpc) is 2.54. The first kappa shape index (κ1) is 12.5. The molecule has 0 spiro atoms. The van der Waals surface area contributed by atoms with E-state index in [0.717, 1.165) is 0 Å². The summed E-state index contributed by atoms with van der Waals surface area (Å²) in [5.74, 6) is -0.124. The Kier molecular flexibility index (Phi) is 3.05. The van der Waals surface area contributed by atoms with Crippen molar-refractivity contribution in [2.75, 3.05) is 17.6 Å². The van der Waals surface area contributed by atoms with Crippen LogP contribution in [-0.4, -0.2) is 44.8 Å². The van der Waals surface area contributed by atoms with Gasteiger partial charge in [-0.05, 0) is 0 Å². The fourth-order valence-corrected chi connectivity index (χ4v) is 1.86. The molecule has 0 amide bonds. The lowest BCUT2D eigenvalue weighted by molar-refractivity contribution is 0.484. The largest absolute Gasteiger partial charge is 0.367 e. The Bertz CT molecular complexity index is 732. The molecule has 2 aromatic heterocycles. The molecular weight excluding hydrogens is 262 g/mol. The molecule has 9 nitrogen and oxygen atoms in total. The molecule has 0 saturated carbocycles. The van der Waals surface area contributed by atoms with Gasteiger partial charge >= 0.3 is 5.69 Å². The van der Waals surface area contributed by atoms with Crippen LogP contribution in [0.15, 0.2) is 11.1 Å². The van der Waals surface area contributed by atoms with Crippen LogP contribution in [0.5, 0.6) is 0 Å². The van der Waals surface area contributed by atoms with Crippen LogP contribution in [0.2, 0.25) is 0 Å². The monoisotopic (exact) mass is 273 g/mol. The number of nitrogens with one attached hydrogen (secondary N) is 2. The quantitative estimate of drug-likeness (QED) is 0.606. The molecule has 98 valence electrons. The first-order valence-electron chi connectivity index (χ1n) is 4.97. The molecule has 0 atom stereocenters. The molecule has 2 heterocycles. The van der Waals surface area contributed by atoms with Gasteiger partial charge in [0.15, 0.2) is 11.5 Å². The molecule has 3 N–H and O–H groups in total. The zero-order chi connectivity index (χ0) is 13.3. The van der Waals surface area contributed by atoms with Gasteiger partial charge in [-0.1, -0.05) is 0 Å². The Morgan fingerprint density at radius 1 is 1.50 bits per heavy atom. The molecule has 0 aromatic carbocycles. The third-order valence-electron chi connectivity index (χ3n) is 2.34. The molecule has 0 aliphatic rings. The number of nitrogens with zero attached hydrogens (tertiary/aromatic N) is 3. The van der Waals surface area contributed by atoms with Gasteiger partial charge in [0, 0.05) is 13.6 Å². The van der Waals surface area contributed by atoms with Crippen LogP contribution in [0.1, 0.15) is 0 Å². The Labute approximate surface area is 102 Å². The summed E-state index contributed by atoms with van der Waals surface area (Å²) in [6.45, 7) is -0.0235. The normalized spacial score (nSPS) is 11.9. The summed E-state index contributed by atoms with van der Waals surface area (Å²) in [5.41, 5.74) is 0.452. The average molecular weight is 273 g/mol. The number of anilines is 1. The van der Waals surface area contributed by atoms with E-state index in [4.69, 9.17) is 4.55 Å². The predicted molar refractivity (Wildman–Crippen MR) is 64.0 cm³/mol. The minimum Gasteiger partial charge on any atom is -0.367 e. The lowest BCUT2D eigenvalue weighted by atomic mass is 10.5. The molecule has 2 rings (SSSR count). The molecule has 0 aliphatic carbocycles. The van der Waals surface area contributed by atoms with Gasteiger partial charge in [0.25, 0.3) is 10.1 Å². The molecule has 18 heavy (non-hydrogen) atoms. The number of hydrogen-bond donors (Lipinski definition) is 3. The topological polar surface area (TPSA) is 130 Å². The van der Waals surface area contributed by atoms with Crippen molar-refractivity contribution in [3.05, 3.63) is 16.8 Å². The van der Waals surface area contributed by atoms with Gasteiger partial charge in [-0.25, -0.2) is 14.8 Å². The molecule has 0 fully saturated rings. The van der Waals surface area contributed by atoms with Crippen molar-refractivity contribution in [1.29, 1.82) is 0 Å². The van der Waals surface area contributed by atoms with Crippen molar-refractivity contribution in [2.24, 2.45) is 7.05 Å². The minimum atomic E-state index is -4.03. The SMILES string of the molecule is Cn1c(=O)[nH]c2ncnc(NCCS(=O)(=O)O)c21. The third kappa shape index (κ3) is 2.49. The minimum absolute atomic E-state index is 0.0235.